The highest BCUT2D eigenvalue weighted by atomic mass is 35.5. The summed E-state index contributed by atoms with van der Waals surface area (Å²) in [6, 6.07) is 7.01. The van der Waals surface area contributed by atoms with E-state index >= 15 is 0 Å². The number of nitrogens with zero attached hydrogens (tertiary/aromatic N) is 3. The number of nitrogen functional groups attached to an aromatic ring is 1. The third-order valence-corrected chi connectivity index (χ3v) is 1.91. The standard InChI is InChI=1S/C9H7ClN4/c10-8-5-6(3-4-12-8)7-1-2-9(11)14-13-7/h1-5H,(H2,11,14). The molecule has 0 amide bonds. The van der Waals surface area contributed by atoms with Gasteiger partial charge in [-0.2, -0.15) is 0 Å². The smallest absolute Gasteiger partial charge is 0.146 e. The molecule has 0 aliphatic rings. The zero-order valence-corrected chi connectivity index (χ0v) is 7.94. The van der Waals surface area contributed by atoms with Crippen molar-refractivity contribution in [2.45, 2.75) is 0 Å². The Balaban J connectivity index is 2.44. The van der Waals surface area contributed by atoms with Crippen LogP contribution in [0.4, 0.5) is 5.82 Å². The Labute approximate surface area is 85.8 Å². The second kappa shape index (κ2) is 3.59. The van der Waals surface area contributed by atoms with Gasteiger partial charge in [0.1, 0.15) is 11.0 Å². The van der Waals surface area contributed by atoms with E-state index in [0.717, 1.165) is 11.3 Å². The maximum atomic E-state index is 5.74. The van der Waals surface area contributed by atoms with Crippen LogP contribution in [0.2, 0.25) is 5.15 Å². The molecule has 0 fully saturated rings. The van der Waals surface area contributed by atoms with Gasteiger partial charge in [0, 0.05) is 11.8 Å². The number of rotatable bonds is 1. The van der Waals surface area contributed by atoms with Crippen molar-refractivity contribution in [3.8, 4) is 11.3 Å². The highest BCUT2D eigenvalue weighted by Gasteiger charge is 2.00. The molecular formula is C9H7ClN4. The first-order valence-corrected chi connectivity index (χ1v) is 4.34. The minimum absolute atomic E-state index is 0.397. The summed E-state index contributed by atoms with van der Waals surface area (Å²) in [6.07, 6.45) is 1.62. The first-order valence-electron chi connectivity index (χ1n) is 3.97. The molecule has 2 aromatic heterocycles. The molecule has 4 nitrogen and oxygen atoms in total. The predicted molar refractivity (Wildman–Crippen MR) is 54.7 cm³/mol. The summed E-state index contributed by atoms with van der Waals surface area (Å²) in [6.45, 7) is 0. The highest BCUT2D eigenvalue weighted by molar-refractivity contribution is 6.29. The molecule has 0 aromatic carbocycles. The van der Waals surface area contributed by atoms with Gasteiger partial charge in [-0.15, -0.1) is 10.2 Å². The third-order valence-electron chi connectivity index (χ3n) is 1.71. The summed E-state index contributed by atoms with van der Waals surface area (Å²) in [5, 5.41) is 8.11. The lowest BCUT2D eigenvalue weighted by molar-refractivity contribution is 1.05. The fourth-order valence-corrected chi connectivity index (χ4v) is 1.23. The SMILES string of the molecule is Nc1ccc(-c2ccnc(Cl)c2)nn1. The van der Waals surface area contributed by atoms with Crippen LogP contribution in [0.25, 0.3) is 11.3 Å². The molecular weight excluding hydrogens is 200 g/mol. The second-order valence-electron chi connectivity index (χ2n) is 2.71. The summed E-state index contributed by atoms with van der Waals surface area (Å²) in [4.78, 5) is 3.88. The molecule has 0 spiro atoms. The Morgan fingerprint density at radius 1 is 1.14 bits per heavy atom. The van der Waals surface area contributed by atoms with Crippen molar-refractivity contribution in [1.82, 2.24) is 15.2 Å². The molecule has 2 aromatic rings. The molecule has 14 heavy (non-hydrogen) atoms. The van der Waals surface area contributed by atoms with Crippen molar-refractivity contribution in [3.05, 3.63) is 35.6 Å². The molecule has 2 heterocycles. The van der Waals surface area contributed by atoms with Crippen LogP contribution >= 0.6 is 11.6 Å². The predicted octanol–water partition coefficient (Wildman–Crippen LogP) is 1.77. The van der Waals surface area contributed by atoms with Crippen molar-refractivity contribution in [3.63, 3.8) is 0 Å². The van der Waals surface area contributed by atoms with E-state index in [1.807, 2.05) is 6.07 Å². The largest absolute Gasteiger partial charge is 0.382 e. The molecule has 0 radical (unpaired) electrons. The Kier molecular flexibility index (Phi) is 2.28. The molecule has 0 atom stereocenters. The van der Waals surface area contributed by atoms with Gasteiger partial charge >= 0.3 is 0 Å². The Hall–Kier alpha value is -1.68. The van der Waals surface area contributed by atoms with E-state index < -0.39 is 0 Å². The zero-order chi connectivity index (χ0) is 9.97. The van der Waals surface area contributed by atoms with E-state index in [1.54, 1.807) is 24.4 Å². The molecule has 0 saturated heterocycles. The van der Waals surface area contributed by atoms with Gasteiger partial charge < -0.3 is 5.73 Å². The lowest BCUT2D eigenvalue weighted by atomic mass is 10.2. The number of nitrogens with two attached hydrogens (primary N) is 1. The summed E-state index contributed by atoms with van der Waals surface area (Å²) in [5.74, 6) is 0.397. The first kappa shape index (κ1) is 8.90. The average Bonchev–Trinajstić information content (AvgIpc) is 2.19. The quantitative estimate of drug-likeness (QED) is 0.723. The lowest BCUT2D eigenvalue weighted by Crippen LogP contribution is -1.93. The minimum atomic E-state index is 0.397. The maximum Gasteiger partial charge on any atom is 0.146 e. The number of anilines is 1. The fourth-order valence-electron chi connectivity index (χ4n) is 1.06. The van der Waals surface area contributed by atoms with E-state index in [0.29, 0.717) is 11.0 Å². The number of hydrogen-bond acceptors (Lipinski definition) is 4. The molecule has 5 heteroatoms. The highest BCUT2D eigenvalue weighted by Crippen LogP contribution is 2.18. The van der Waals surface area contributed by atoms with Gasteiger partial charge in [-0.1, -0.05) is 11.6 Å². The topological polar surface area (TPSA) is 64.7 Å². The molecule has 70 valence electrons. The lowest BCUT2D eigenvalue weighted by Gasteiger charge is -1.99. The van der Waals surface area contributed by atoms with Crippen LogP contribution in [0.5, 0.6) is 0 Å². The van der Waals surface area contributed by atoms with Crippen molar-refractivity contribution < 1.29 is 0 Å². The van der Waals surface area contributed by atoms with E-state index in [4.69, 9.17) is 17.3 Å². The van der Waals surface area contributed by atoms with Gasteiger partial charge in [-0.05, 0) is 24.3 Å². The average molecular weight is 207 g/mol. The summed E-state index contributed by atoms with van der Waals surface area (Å²) in [5.41, 5.74) is 7.02. The van der Waals surface area contributed by atoms with Crippen LogP contribution in [-0.4, -0.2) is 15.2 Å². The molecule has 0 aliphatic heterocycles. The van der Waals surface area contributed by atoms with Crippen molar-refractivity contribution >= 4 is 17.4 Å². The monoisotopic (exact) mass is 206 g/mol. The van der Waals surface area contributed by atoms with Gasteiger partial charge in [-0.25, -0.2) is 4.98 Å². The van der Waals surface area contributed by atoms with Crippen LogP contribution in [0.3, 0.4) is 0 Å². The van der Waals surface area contributed by atoms with Gasteiger partial charge in [0.05, 0.1) is 5.69 Å². The van der Waals surface area contributed by atoms with Crippen molar-refractivity contribution in [2.24, 2.45) is 0 Å². The van der Waals surface area contributed by atoms with E-state index in [2.05, 4.69) is 15.2 Å². The first-order chi connectivity index (χ1) is 6.75. The number of pyridine rings is 1. The molecule has 0 saturated carbocycles. The Bertz CT molecular complexity index is 441. The van der Waals surface area contributed by atoms with E-state index in [9.17, 15) is 0 Å². The summed E-state index contributed by atoms with van der Waals surface area (Å²) < 4.78 is 0. The summed E-state index contributed by atoms with van der Waals surface area (Å²) >= 11 is 5.74. The normalized spacial score (nSPS) is 10.1. The molecule has 0 aliphatic carbocycles. The van der Waals surface area contributed by atoms with E-state index in [1.165, 1.54) is 0 Å². The molecule has 2 N–H and O–H groups in total. The molecule has 2 rings (SSSR count). The van der Waals surface area contributed by atoms with Crippen LogP contribution in [-0.2, 0) is 0 Å². The second-order valence-corrected chi connectivity index (χ2v) is 3.10. The Morgan fingerprint density at radius 3 is 2.64 bits per heavy atom. The van der Waals surface area contributed by atoms with Gasteiger partial charge in [0.25, 0.3) is 0 Å². The maximum absolute atomic E-state index is 5.74. The number of aromatic nitrogens is 3. The number of hydrogen-bond donors (Lipinski definition) is 1. The fraction of sp³-hybridized carbons (Fsp3) is 0. The van der Waals surface area contributed by atoms with Gasteiger partial charge in [0.2, 0.25) is 0 Å². The van der Waals surface area contributed by atoms with Gasteiger partial charge in [-0.3, -0.25) is 0 Å². The molecule has 0 unspecified atom stereocenters. The van der Waals surface area contributed by atoms with Crippen molar-refractivity contribution in [1.29, 1.82) is 0 Å². The summed E-state index contributed by atoms with van der Waals surface area (Å²) in [7, 11) is 0. The van der Waals surface area contributed by atoms with Crippen LogP contribution < -0.4 is 5.73 Å². The minimum Gasteiger partial charge on any atom is -0.382 e. The number of halogens is 1. The molecule has 0 bridgehead atoms. The Morgan fingerprint density at radius 2 is 2.00 bits per heavy atom. The van der Waals surface area contributed by atoms with Gasteiger partial charge in [0.15, 0.2) is 0 Å². The van der Waals surface area contributed by atoms with Crippen molar-refractivity contribution in [2.75, 3.05) is 5.73 Å². The van der Waals surface area contributed by atoms with Crippen LogP contribution in [0, 0.1) is 0 Å². The van der Waals surface area contributed by atoms with E-state index in [-0.39, 0.29) is 0 Å². The van der Waals surface area contributed by atoms with Crippen LogP contribution in [0.1, 0.15) is 0 Å². The van der Waals surface area contributed by atoms with Crippen LogP contribution in [0.15, 0.2) is 30.5 Å². The third kappa shape index (κ3) is 1.80. The zero-order valence-electron chi connectivity index (χ0n) is 7.18.